The van der Waals surface area contributed by atoms with Gasteiger partial charge >= 0.3 is 0 Å². The van der Waals surface area contributed by atoms with Crippen LogP contribution in [0.3, 0.4) is 0 Å². The molecule has 0 spiro atoms. The van der Waals surface area contributed by atoms with Crippen LogP contribution in [0.1, 0.15) is 26.4 Å². The highest BCUT2D eigenvalue weighted by molar-refractivity contribution is 6.33. The quantitative estimate of drug-likeness (QED) is 0.720. The number of pyridine rings is 1. The summed E-state index contributed by atoms with van der Waals surface area (Å²) in [5.41, 5.74) is 1.98. The molecule has 0 bridgehead atoms. The number of hydrogen-bond donors (Lipinski definition) is 2. The highest BCUT2D eigenvalue weighted by Crippen LogP contribution is 2.21. The largest absolute Gasteiger partial charge is 0.348 e. The molecular formula is C20H16ClN3O2. The third-order valence-electron chi connectivity index (χ3n) is 3.67. The first kappa shape index (κ1) is 17.6. The van der Waals surface area contributed by atoms with Gasteiger partial charge in [-0.05, 0) is 29.8 Å². The minimum absolute atomic E-state index is 0.136. The second kappa shape index (κ2) is 8.27. The van der Waals surface area contributed by atoms with E-state index in [0.29, 0.717) is 22.8 Å². The van der Waals surface area contributed by atoms with Crippen LogP contribution in [-0.2, 0) is 6.54 Å². The summed E-state index contributed by atoms with van der Waals surface area (Å²) in [4.78, 5) is 28.7. The third-order valence-corrected chi connectivity index (χ3v) is 4.00. The fraction of sp³-hybridized carbons (Fsp3) is 0.0500. The molecule has 5 nitrogen and oxygen atoms in total. The molecule has 2 amide bonds. The van der Waals surface area contributed by atoms with E-state index in [-0.39, 0.29) is 11.6 Å². The number of benzene rings is 2. The lowest BCUT2D eigenvalue weighted by atomic mass is 10.2. The summed E-state index contributed by atoms with van der Waals surface area (Å²) in [5.74, 6) is -0.709. The summed E-state index contributed by atoms with van der Waals surface area (Å²) in [6.07, 6.45) is 1.43. The predicted octanol–water partition coefficient (Wildman–Crippen LogP) is 3.92. The molecule has 0 fully saturated rings. The van der Waals surface area contributed by atoms with E-state index in [1.807, 2.05) is 30.3 Å². The smallest absolute Gasteiger partial charge is 0.274 e. The summed E-state index contributed by atoms with van der Waals surface area (Å²) in [6.45, 7) is 0.406. The number of para-hydroxylation sites is 1. The molecule has 0 unspecified atom stereocenters. The normalized spacial score (nSPS) is 10.2. The van der Waals surface area contributed by atoms with Crippen LogP contribution >= 0.6 is 11.6 Å². The van der Waals surface area contributed by atoms with Crippen molar-refractivity contribution >= 4 is 29.1 Å². The molecule has 130 valence electrons. The maximum atomic E-state index is 12.4. The van der Waals surface area contributed by atoms with E-state index in [1.165, 1.54) is 12.3 Å². The van der Waals surface area contributed by atoms with Crippen molar-refractivity contribution in [2.24, 2.45) is 0 Å². The van der Waals surface area contributed by atoms with E-state index >= 15 is 0 Å². The van der Waals surface area contributed by atoms with Gasteiger partial charge in [-0.3, -0.25) is 14.6 Å². The molecule has 0 radical (unpaired) electrons. The maximum absolute atomic E-state index is 12.4. The van der Waals surface area contributed by atoms with Gasteiger partial charge in [0, 0.05) is 18.3 Å². The molecule has 0 aliphatic rings. The zero-order chi connectivity index (χ0) is 18.4. The molecule has 1 heterocycles. The van der Waals surface area contributed by atoms with Gasteiger partial charge in [0.2, 0.25) is 0 Å². The molecule has 26 heavy (non-hydrogen) atoms. The Hall–Kier alpha value is -3.18. The first-order chi connectivity index (χ1) is 12.6. The number of nitrogens with one attached hydrogen (secondary N) is 2. The first-order valence-corrected chi connectivity index (χ1v) is 8.35. The topological polar surface area (TPSA) is 71.1 Å². The van der Waals surface area contributed by atoms with Crippen molar-refractivity contribution in [2.75, 3.05) is 5.32 Å². The van der Waals surface area contributed by atoms with Crippen molar-refractivity contribution in [1.29, 1.82) is 0 Å². The van der Waals surface area contributed by atoms with Gasteiger partial charge in [-0.25, -0.2) is 0 Å². The van der Waals surface area contributed by atoms with Crippen LogP contribution in [0, 0.1) is 0 Å². The third kappa shape index (κ3) is 4.46. The second-order valence-corrected chi connectivity index (χ2v) is 5.94. The highest BCUT2D eigenvalue weighted by Gasteiger charge is 2.13. The molecule has 0 saturated heterocycles. The number of anilines is 1. The van der Waals surface area contributed by atoms with Crippen LogP contribution in [0.25, 0.3) is 0 Å². The number of nitrogens with zero attached hydrogens (tertiary/aromatic N) is 1. The number of amides is 2. The fourth-order valence-electron chi connectivity index (χ4n) is 2.33. The Labute approximate surface area is 156 Å². The van der Waals surface area contributed by atoms with Crippen molar-refractivity contribution in [3.63, 3.8) is 0 Å². The number of hydrogen-bond acceptors (Lipinski definition) is 3. The van der Waals surface area contributed by atoms with Crippen LogP contribution in [0.2, 0.25) is 5.02 Å². The number of carbonyl (C=O) groups excluding carboxylic acids is 2. The SMILES string of the molecule is O=C(NCc1ccccc1)c1ccnc(C(=O)Nc2ccccc2Cl)c1. The van der Waals surface area contributed by atoms with E-state index in [2.05, 4.69) is 15.6 Å². The molecule has 2 N–H and O–H groups in total. The van der Waals surface area contributed by atoms with Crippen molar-refractivity contribution in [3.8, 4) is 0 Å². The Morgan fingerprint density at radius 1 is 0.923 bits per heavy atom. The van der Waals surface area contributed by atoms with Crippen LogP contribution in [0.15, 0.2) is 72.9 Å². The summed E-state index contributed by atoms with van der Waals surface area (Å²) in [5, 5.41) is 5.93. The summed E-state index contributed by atoms with van der Waals surface area (Å²) in [7, 11) is 0. The summed E-state index contributed by atoms with van der Waals surface area (Å²) < 4.78 is 0. The standard InChI is InChI=1S/C20H16ClN3O2/c21-16-8-4-5-9-17(16)24-20(26)18-12-15(10-11-22-18)19(25)23-13-14-6-2-1-3-7-14/h1-12H,13H2,(H,23,25)(H,24,26). The first-order valence-electron chi connectivity index (χ1n) is 7.97. The Bertz CT molecular complexity index is 929. The summed E-state index contributed by atoms with van der Waals surface area (Å²) in [6, 6.07) is 19.5. The molecule has 3 rings (SSSR count). The van der Waals surface area contributed by atoms with Crippen molar-refractivity contribution in [3.05, 3.63) is 94.8 Å². The zero-order valence-electron chi connectivity index (χ0n) is 13.8. The average Bonchev–Trinajstić information content (AvgIpc) is 2.69. The lowest BCUT2D eigenvalue weighted by molar-refractivity contribution is 0.0951. The van der Waals surface area contributed by atoms with Crippen molar-refractivity contribution in [1.82, 2.24) is 10.3 Å². The monoisotopic (exact) mass is 365 g/mol. The minimum Gasteiger partial charge on any atom is -0.348 e. The Morgan fingerprint density at radius 3 is 2.42 bits per heavy atom. The van der Waals surface area contributed by atoms with Gasteiger partial charge in [-0.2, -0.15) is 0 Å². The molecule has 1 aromatic heterocycles. The van der Waals surface area contributed by atoms with Crippen molar-refractivity contribution in [2.45, 2.75) is 6.54 Å². The Kier molecular flexibility index (Phi) is 5.61. The van der Waals surface area contributed by atoms with E-state index in [1.54, 1.807) is 30.3 Å². The number of halogens is 1. The van der Waals surface area contributed by atoms with Crippen LogP contribution in [0.4, 0.5) is 5.69 Å². The van der Waals surface area contributed by atoms with Crippen LogP contribution in [-0.4, -0.2) is 16.8 Å². The average molecular weight is 366 g/mol. The van der Waals surface area contributed by atoms with Crippen LogP contribution in [0.5, 0.6) is 0 Å². The van der Waals surface area contributed by atoms with Gasteiger partial charge in [0.15, 0.2) is 0 Å². The van der Waals surface area contributed by atoms with Gasteiger partial charge in [0.1, 0.15) is 5.69 Å². The second-order valence-electron chi connectivity index (χ2n) is 5.53. The van der Waals surface area contributed by atoms with Gasteiger partial charge in [0.25, 0.3) is 11.8 Å². The van der Waals surface area contributed by atoms with Gasteiger partial charge in [-0.1, -0.05) is 54.1 Å². The van der Waals surface area contributed by atoms with E-state index < -0.39 is 5.91 Å². The number of carbonyl (C=O) groups is 2. The lowest BCUT2D eigenvalue weighted by Crippen LogP contribution is -2.23. The molecular weight excluding hydrogens is 350 g/mol. The predicted molar refractivity (Wildman–Crippen MR) is 101 cm³/mol. The number of aromatic nitrogens is 1. The van der Waals surface area contributed by atoms with E-state index in [4.69, 9.17) is 11.6 Å². The van der Waals surface area contributed by atoms with Gasteiger partial charge in [0.05, 0.1) is 10.7 Å². The maximum Gasteiger partial charge on any atom is 0.274 e. The fourth-order valence-corrected chi connectivity index (χ4v) is 2.51. The Morgan fingerprint density at radius 2 is 1.65 bits per heavy atom. The van der Waals surface area contributed by atoms with Gasteiger partial charge < -0.3 is 10.6 Å². The molecule has 6 heteroatoms. The lowest BCUT2D eigenvalue weighted by Gasteiger charge is -2.08. The molecule has 0 aliphatic carbocycles. The number of rotatable bonds is 5. The molecule has 3 aromatic rings. The van der Waals surface area contributed by atoms with Crippen LogP contribution < -0.4 is 10.6 Å². The minimum atomic E-state index is -0.434. The van der Waals surface area contributed by atoms with Gasteiger partial charge in [-0.15, -0.1) is 0 Å². The highest BCUT2D eigenvalue weighted by atomic mass is 35.5. The Balaban J connectivity index is 1.68. The molecule has 0 aliphatic heterocycles. The molecule has 2 aromatic carbocycles. The zero-order valence-corrected chi connectivity index (χ0v) is 14.5. The van der Waals surface area contributed by atoms with E-state index in [0.717, 1.165) is 5.56 Å². The molecule has 0 atom stereocenters. The summed E-state index contributed by atoms with van der Waals surface area (Å²) >= 11 is 6.04. The molecule has 0 saturated carbocycles. The van der Waals surface area contributed by atoms with Crippen molar-refractivity contribution < 1.29 is 9.59 Å². The van der Waals surface area contributed by atoms with E-state index in [9.17, 15) is 9.59 Å².